The van der Waals surface area contributed by atoms with E-state index >= 15 is 0 Å². The third-order valence-corrected chi connectivity index (χ3v) is 7.95. The molecule has 1 saturated heterocycles. The van der Waals surface area contributed by atoms with Crippen molar-refractivity contribution < 1.29 is 9.53 Å². The number of amides is 1. The van der Waals surface area contributed by atoms with Crippen LogP contribution in [0.2, 0.25) is 5.02 Å². The van der Waals surface area contributed by atoms with Gasteiger partial charge in [0, 0.05) is 18.9 Å². The maximum absolute atomic E-state index is 13.9. The highest BCUT2D eigenvalue weighted by molar-refractivity contribution is 7.23. The normalized spacial score (nSPS) is 15.8. The molecule has 0 saturated carbocycles. The van der Waals surface area contributed by atoms with Gasteiger partial charge >= 0.3 is 0 Å². The molecule has 4 aromatic rings. The zero-order valence-electron chi connectivity index (χ0n) is 19.1. The average Bonchev–Trinajstić information content (AvgIpc) is 3.55. The van der Waals surface area contributed by atoms with Crippen LogP contribution in [0.4, 0.5) is 5.13 Å². The molecule has 0 aliphatic carbocycles. The van der Waals surface area contributed by atoms with Crippen LogP contribution < -0.4 is 4.90 Å². The molecule has 1 aliphatic rings. The zero-order valence-corrected chi connectivity index (χ0v) is 20.7. The number of anilines is 1. The van der Waals surface area contributed by atoms with E-state index in [0.717, 1.165) is 46.4 Å². The van der Waals surface area contributed by atoms with E-state index in [2.05, 4.69) is 24.3 Å². The first kappa shape index (κ1) is 23.0. The van der Waals surface area contributed by atoms with Gasteiger partial charge in [-0.25, -0.2) is 4.98 Å². The summed E-state index contributed by atoms with van der Waals surface area (Å²) in [5.41, 5.74) is 4.17. The summed E-state index contributed by atoms with van der Waals surface area (Å²) >= 11 is 7.97. The summed E-state index contributed by atoms with van der Waals surface area (Å²) in [5.74, 6) is 0.00244. The lowest BCUT2D eigenvalue weighted by atomic mass is 9.88. The van der Waals surface area contributed by atoms with Crippen molar-refractivity contribution in [2.75, 3.05) is 18.1 Å². The molecule has 4 nitrogen and oxygen atoms in total. The number of halogens is 1. The fourth-order valence-electron chi connectivity index (χ4n) is 4.57. The molecule has 2 heterocycles. The predicted molar refractivity (Wildman–Crippen MR) is 140 cm³/mol. The highest BCUT2D eigenvalue weighted by atomic mass is 35.5. The number of aromatic nitrogens is 1. The second kappa shape index (κ2) is 10.3. The molecule has 1 aromatic heterocycles. The predicted octanol–water partition coefficient (Wildman–Crippen LogP) is 6.99. The number of ether oxygens (including phenoxy) is 1. The van der Waals surface area contributed by atoms with Crippen LogP contribution in [0.25, 0.3) is 10.2 Å². The number of rotatable bonds is 7. The summed E-state index contributed by atoms with van der Waals surface area (Å²) in [5, 5.41) is 1.35. The van der Waals surface area contributed by atoms with E-state index in [1.54, 1.807) is 0 Å². The van der Waals surface area contributed by atoms with Crippen molar-refractivity contribution in [3.63, 3.8) is 0 Å². The Morgan fingerprint density at radius 1 is 1.09 bits per heavy atom. The largest absolute Gasteiger partial charge is 0.376 e. The smallest absolute Gasteiger partial charge is 0.229 e. The molecule has 0 spiro atoms. The SMILES string of the molecule is Cc1ccc(Cl)c2sc(N(C[C@@H]3CCCO3)C(=O)CC(c3ccccc3)c3ccccc3)nc12. The molecular formula is C28H27ClN2O2S. The lowest BCUT2D eigenvalue weighted by molar-refractivity contribution is -0.119. The van der Waals surface area contributed by atoms with E-state index in [0.29, 0.717) is 23.1 Å². The molecule has 5 rings (SSSR count). The van der Waals surface area contributed by atoms with Gasteiger partial charge in [0.05, 0.1) is 27.9 Å². The monoisotopic (exact) mass is 490 g/mol. The fourth-order valence-corrected chi connectivity index (χ4v) is 5.91. The summed E-state index contributed by atoms with van der Waals surface area (Å²) in [6.07, 6.45) is 2.35. The van der Waals surface area contributed by atoms with E-state index < -0.39 is 0 Å². The average molecular weight is 491 g/mol. The fraction of sp³-hybridized carbons (Fsp3) is 0.286. The van der Waals surface area contributed by atoms with Crippen LogP contribution >= 0.6 is 22.9 Å². The highest BCUT2D eigenvalue weighted by Crippen LogP contribution is 2.37. The van der Waals surface area contributed by atoms with Crippen LogP contribution in [-0.4, -0.2) is 30.1 Å². The van der Waals surface area contributed by atoms with E-state index in [1.807, 2.05) is 60.4 Å². The molecule has 0 unspecified atom stereocenters. The standard InChI is InChI=1S/C28H27ClN2O2S/c1-19-14-15-24(29)27-26(19)30-28(34-27)31(18-22-13-8-16-33-22)25(32)17-23(20-9-4-2-5-10-20)21-11-6-3-7-12-21/h2-7,9-12,14-15,22-23H,8,13,16-18H2,1H3/t22-/m0/s1. The Hall–Kier alpha value is -2.73. The molecule has 3 aromatic carbocycles. The van der Waals surface area contributed by atoms with E-state index in [1.165, 1.54) is 11.3 Å². The van der Waals surface area contributed by atoms with Gasteiger partial charge in [-0.1, -0.05) is 89.7 Å². The Labute approximate surface area is 209 Å². The van der Waals surface area contributed by atoms with Crippen LogP contribution in [0.3, 0.4) is 0 Å². The molecule has 0 N–H and O–H groups in total. The van der Waals surface area contributed by atoms with Crippen molar-refractivity contribution in [1.29, 1.82) is 0 Å². The Morgan fingerprint density at radius 2 is 1.76 bits per heavy atom. The Kier molecular flexibility index (Phi) is 6.95. The molecule has 34 heavy (non-hydrogen) atoms. The third kappa shape index (κ3) is 4.88. The number of fused-ring (bicyclic) bond motifs is 1. The van der Waals surface area contributed by atoms with Crippen LogP contribution in [-0.2, 0) is 9.53 Å². The molecule has 1 aliphatic heterocycles. The first-order valence-electron chi connectivity index (χ1n) is 11.7. The number of nitrogens with zero attached hydrogens (tertiary/aromatic N) is 2. The highest BCUT2D eigenvalue weighted by Gasteiger charge is 2.29. The molecule has 1 fully saturated rings. The maximum Gasteiger partial charge on any atom is 0.229 e. The number of carbonyl (C=O) groups excluding carboxylic acids is 1. The van der Waals surface area contributed by atoms with Crippen molar-refractivity contribution in [2.24, 2.45) is 0 Å². The minimum absolute atomic E-state index is 0.0273. The number of benzene rings is 3. The van der Waals surface area contributed by atoms with Gasteiger partial charge in [-0.3, -0.25) is 9.69 Å². The summed E-state index contributed by atoms with van der Waals surface area (Å²) in [7, 11) is 0. The maximum atomic E-state index is 13.9. The number of hydrogen-bond acceptors (Lipinski definition) is 4. The van der Waals surface area contributed by atoms with Gasteiger partial charge in [-0.2, -0.15) is 0 Å². The van der Waals surface area contributed by atoms with Crippen LogP contribution in [0, 0.1) is 6.92 Å². The molecule has 1 atom stereocenters. The van der Waals surface area contributed by atoms with E-state index in [-0.39, 0.29) is 17.9 Å². The van der Waals surface area contributed by atoms with Gasteiger partial charge in [-0.05, 0) is 42.5 Å². The van der Waals surface area contributed by atoms with Gasteiger partial charge < -0.3 is 4.74 Å². The van der Waals surface area contributed by atoms with Crippen LogP contribution in [0.1, 0.15) is 41.9 Å². The lowest BCUT2D eigenvalue weighted by Gasteiger charge is -2.26. The Bertz CT molecular complexity index is 1190. The zero-order chi connectivity index (χ0) is 23.5. The van der Waals surface area contributed by atoms with Crippen molar-refractivity contribution in [3.8, 4) is 0 Å². The van der Waals surface area contributed by atoms with Crippen molar-refractivity contribution in [1.82, 2.24) is 4.98 Å². The molecular weight excluding hydrogens is 464 g/mol. The van der Waals surface area contributed by atoms with E-state index in [9.17, 15) is 4.79 Å². The number of hydrogen-bond donors (Lipinski definition) is 0. The third-order valence-electron chi connectivity index (χ3n) is 6.41. The second-order valence-electron chi connectivity index (χ2n) is 8.76. The summed E-state index contributed by atoms with van der Waals surface area (Å²) < 4.78 is 6.83. The topological polar surface area (TPSA) is 42.4 Å². The van der Waals surface area contributed by atoms with Gasteiger partial charge in [0.15, 0.2) is 5.13 Å². The second-order valence-corrected chi connectivity index (χ2v) is 10.1. The van der Waals surface area contributed by atoms with Gasteiger partial charge in [-0.15, -0.1) is 0 Å². The first-order chi connectivity index (χ1) is 16.6. The molecule has 1 amide bonds. The number of thiazole rings is 1. The van der Waals surface area contributed by atoms with Crippen LogP contribution in [0.15, 0.2) is 72.8 Å². The Morgan fingerprint density at radius 3 is 2.35 bits per heavy atom. The van der Waals surface area contributed by atoms with Gasteiger partial charge in [0.1, 0.15) is 0 Å². The van der Waals surface area contributed by atoms with Gasteiger partial charge in [0.25, 0.3) is 0 Å². The molecule has 6 heteroatoms. The summed E-state index contributed by atoms with van der Waals surface area (Å²) in [4.78, 5) is 20.6. The molecule has 0 radical (unpaired) electrons. The minimum atomic E-state index is -0.0402. The van der Waals surface area contributed by atoms with Gasteiger partial charge in [0.2, 0.25) is 5.91 Å². The van der Waals surface area contributed by atoms with Crippen molar-refractivity contribution in [2.45, 2.75) is 38.2 Å². The number of carbonyl (C=O) groups is 1. The first-order valence-corrected chi connectivity index (χ1v) is 12.9. The molecule has 0 bridgehead atoms. The van der Waals surface area contributed by atoms with Crippen molar-refractivity contribution >= 4 is 44.2 Å². The quantitative estimate of drug-likeness (QED) is 0.280. The number of aryl methyl sites for hydroxylation is 1. The van der Waals surface area contributed by atoms with Crippen LogP contribution in [0.5, 0.6) is 0 Å². The summed E-state index contributed by atoms with van der Waals surface area (Å²) in [6, 6.07) is 24.4. The molecule has 174 valence electrons. The van der Waals surface area contributed by atoms with E-state index in [4.69, 9.17) is 21.3 Å². The Balaban J connectivity index is 1.51. The van der Waals surface area contributed by atoms with Crippen molar-refractivity contribution in [3.05, 3.63) is 94.5 Å². The lowest BCUT2D eigenvalue weighted by Crippen LogP contribution is -2.38. The minimum Gasteiger partial charge on any atom is -0.376 e. The summed E-state index contributed by atoms with van der Waals surface area (Å²) in [6.45, 7) is 3.27.